The third-order valence-corrected chi connectivity index (χ3v) is 6.57. The SMILES string of the molecule is CN(C)CCN1C(=O)C(=O)/C(=C(\O)c2ccc3c(c2)OCCO3)C1c1cccc(OCc2ccccc2)c1. The van der Waals surface area contributed by atoms with Crippen LogP contribution in [-0.2, 0) is 16.2 Å². The normalized spacial score (nSPS) is 18.2. The van der Waals surface area contributed by atoms with Gasteiger partial charge in [-0.05, 0) is 55.6 Å². The van der Waals surface area contributed by atoms with E-state index in [2.05, 4.69) is 0 Å². The van der Waals surface area contributed by atoms with E-state index in [0.29, 0.717) is 61.3 Å². The van der Waals surface area contributed by atoms with Gasteiger partial charge in [0.05, 0.1) is 11.6 Å². The van der Waals surface area contributed by atoms with Crippen LogP contribution < -0.4 is 14.2 Å². The van der Waals surface area contributed by atoms with Crippen LogP contribution in [0.1, 0.15) is 22.7 Å². The van der Waals surface area contributed by atoms with Crippen molar-refractivity contribution in [2.45, 2.75) is 12.6 Å². The molecular weight excluding hydrogens is 484 g/mol. The van der Waals surface area contributed by atoms with Gasteiger partial charge >= 0.3 is 0 Å². The number of Topliss-reactive ketones (excluding diaryl/α,β-unsaturated/α-hetero) is 1. The van der Waals surface area contributed by atoms with Gasteiger partial charge in [0.25, 0.3) is 11.7 Å². The summed E-state index contributed by atoms with van der Waals surface area (Å²) >= 11 is 0. The van der Waals surface area contributed by atoms with E-state index in [0.717, 1.165) is 5.56 Å². The van der Waals surface area contributed by atoms with Crippen LogP contribution >= 0.6 is 0 Å². The van der Waals surface area contributed by atoms with Gasteiger partial charge in [0.2, 0.25) is 0 Å². The smallest absolute Gasteiger partial charge is 0.295 e. The third-order valence-electron chi connectivity index (χ3n) is 6.57. The number of hydrogen-bond acceptors (Lipinski definition) is 7. The fourth-order valence-electron chi connectivity index (χ4n) is 4.63. The molecule has 1 saturated heterocycles. The number of aliphatic hydroxyl groups is 1. The van der Waals surface area contributed by atoms with E-state index in [1.807, 2.05) is 73.6 Å². The van der Waals surface area contributed by atoms with E-state index in [1.165, 1.54) is 4.90 Å². The molecule has 8 nitrogen and oxygen atoms in total. The summed E-state index contributed by atoms with van der Waals surface area (Å²) in [5, 5.41) is 11.4. The monoisotopic (exact) mass is 514 g/mol. The largest absolute Gasteiger partial charge is 0.507 e. The van der Waals surface area contributed by atoms with Crippen LogP contribution in [0.4, 0.5) is 0 Å². The molecule has 196 valence electrons. The van der Waals surface area contributed by atoms with Crippen LogP contribution in [0.5, 0.6) is 17.2 Å². The molecule has 1 N–H and O–H groups in total. The van der Waals surface area contributed by atoms with E-state index in [-0.39, 0.29) is 11.3 Å². The molecule has 0 bridgehead atoms. The van der Waals surface area contributed by atoms with Gasteiger partial charge in [0, 0.05) is 18.7 Å². The molecule has 1 unspecified atom stereocenters. The van der Waals surface area contributed by atoms with Gasteiger partial charge in [-0.2, -0.15) is 0 Å². The van der Waals surface area contributed by atoms with Crippen molar-refractivity contribution < 1.29 is 28.9 Å². The van der Waals surface area contributed by atoms with Crippen LogP contribution in [0.3, 0.4) is 0 Å². The van der Waals surface area contributed by atoms with Crippen molar-refractivity contribution in [1.29, 1.82) is 0 Å². The number of likely N-dealkylation sites (tertiary alicyclic amines) is 1. The first-order chi connectivity index (χ1) is 18.4. The molecule has 5 rings (SSSR count). The molecule has 0 aliphatic carbocycles. The van der Waals surface area contributed by atoms with E-state index in [1.54, 1.807) is 18.2 Å². The molecule has 38 heavy (non-hydrogen) atoms. The lowest BCUT2D eigenvalue weighted by Crippen LogP contribution is -2.35. The Kier molecular flexibility index (Phi) is 7.33. The summed E-state index contributed by atoms with van der Waals surface area (Å²) in [5.41, 5.74) is 2.10. The first kappa shape index (κ1) is 25.4. The topological polar surface area (TPSA) is 88.5 Å². The minimum absolute atomic E-state index is 0.0330. The molecule has 1 atom stereocenters. The highest BCUT2D eigenvalue weighted by atomic mass is 16.6. The molecule has 3 aromatic carbocycles. The Morgan fingerprint density at radius 1 is 0.974 bits per heavy atom. The Balaban J connectivity index is 1.53. The predicted molar refractivity (Wildman–Crippen MR) is 142 cm³/mol. The van der Waals surface area contributed by atoms with Crippen molar-refractivity contribution in [2.24, 2.45) is 0 Å². The maximum absolute atomic E-state index is 13.3. The van der Waals surface area contributed by atoms with Crippen molar-refractivity contribution in [3.8, 4) is 17.2 Å². The number of likely N-dealkylation sites (N-methyl/N-ethyl adjacent to an activating group) is 1. The molecular formula is C30H30N2O6. The lowest BCUT2D eigenvalue weighted by molar-refractivity contribution is -0.140. The van der Waals surface area contributed by atoms with E-state index in [9.17, 15) is 14.7 Å². The van der Waals surface area contributed by atoms with Gasteiger partial charge < -0.3 is 29.1 Å². The Labute approximate surface area is 221 Å². The van der Waals surface area contributed by atoms with E-state index >= 15 is 0 Å². The average molecular weight is 515 g/mol. The number of ketones is 1. The van der Waals surface area contributed by atoms with Gasteiger partial charge in [-0.1, -0.05) is 42.5 Å². The summed E-state index contributed by atoms with van der Waals surface area (Å²) in [4.78, 5) is 30.0. The standard InChI is InChI=1S/C30H30N2O6/c1-31(2)13-14-32-27(21-9-6-10-23(17-21)38-19-20-7-4-3-5-8-20)26(29(34)30(32)35)28(33)22-11-12-24-25(18-22)37-16-15-36-24/h3-12,17-18,27,33H,13-16,19H2,1-2H3/b28-26-. The molecule has 2 heterocycles. The number of nitrogens with zero attached hydrogens (tertiary/aromatic N) is 2. The average Bonchev–Trinajstić information content (AvgIpc) is 3.20. The summed E-state index contributed by atoms with van der Waals surface area (Å²) in [7, 11) is 3.80. The lowest BCUT2D eigenvalue weighted by Gasteiger charge is -2.27. The van der Waals surface area contributed by atoms with Crippen molar-refractivity contribution in [2.75, 3.05) is 40.4 Å². The minimum atomic E-state index is -0.775. The third kappa shape index (κ3) is 5.21. The Morgan fingerprint density at radius 3 is 2.50 bits per heavy atom. The van der Waals surface area contributed by atoms with Gasteiger partial charge in [0.1, 0.15) is 31.3 Å². The highest BCUT2D eigenvalue weighted by Gasteiger charge is 2.46. The number of hydrogen-bond donors (Lipinski definition) is 1. The Bertz CT molecular complexity index is 1370. The summed E-state index contributed by atoms with van der Waals surface area (Å²) in [6.45, 7) is 2.08. The number of amides is 1. The van der Waals surface area contributed by atoms with Crippen LogP contribution in [0.25, 0.3) is 5.76 Å². The molecule has 2 aliphatic rings. The molecule has 2 aliphatic heterocycles. The number of carbonyl (C=O) groups is 2. The Hall–Kier alpha value is -4.30. The zero-order valence-corrected chi connectivity index (χ0v) is 21.4. The fraction of sp³-hybridized carbons (Fsp3) is 0.267. The van der Waals surface area contributed by atoms with Crippen LogP contribution in [0, 0.1) is 0 Å². The summed E-state index contributed by atoms with van der Waals surface area (Å²) in [6, 6.07) is 21.3. The van der Waals surface area contributed by atoms with E-state index < -0.39 is 17.7 Å². The molecule has 0 saturated carbocycles. The van der Waals surface area contributed by atoms with Crippen molar-refractivity contribution in [3.63, 3.8) is 0 Å². The van der Waals surface area contributed by atoms with E-state index in [4.69, 9.17) is 14.2 Å². The Morgan fingerprint density at radius 2 is 1.74 bits per heavy atom. The second-order valence-corrected chi connectivity index (χ2v) is 9.50. The zero-order chi connectivity index (χ0) is 26.6. The summed E-state index contributed by atoms with van der Waals surface area (Å²) in [5.74, 6) is 0.0227. The lowest BCUT2D eigenvalue weighted by atomic mass is 9.95. The molecule has 8 heteroatoms. The van der Waals surface area contributed by atoms with Crippen LogP contribution in [-0.4, -0.2) is 67.0 Å². The zero-order valence-electron chi connectivity index (χ0n) is 21.4. The maximum Gasteiger partial charge on any atom is 0.295 e. The van der Waals surface area contributed by atoms with Crippen LogP contribution in [0.15, 0.2) is 78.4 Å². The van der Waals surface area contributed by atoms with Crippen molar-refractivity contribution >= 4 is 17.4 Å². The number of aliphatic hydroxyl groups excluding tert-OH is 1. The first-order valence-electron chi connectivity index (χ1n) is 12.5. The van der Waals surface area contributed by atoms with Crippen LogP contribution in [0.2, 0.25) is 0 Å². The summed E-state index contributed by atoms with van der Waals surface area (Å²) < 4.78 is 17.3. The maximum atomic E-state index is 13.3. The number of benzene rings is 3. The quantitative estimate of drug-likeness (QED) is 0.276. The van der Waals surface area contributed by atoms with Gasteiger partial charge in [-0.25, -0.2) is 0 Å². The molecule has 1 amide bonds. The molecule has 0 aromatic heterocycles. The van der Waals surface area contributed by atoms with Gasteiger partial charge in [-0.3, -0.25) is 9.59 Å². The number of ether oxygens (including phenoxy) is 3. The highest BCUT2D eigenvalue weighted by Crippen LogP contribution is 2.41. The number of carbonyl (C=O) groups excluding carboxylic acids is 2. The number of rotatable bonds is 8. The van der Waals surface area contributed by atoms with Gasteiger partial charge in [0.15, 0.2) is 11.5 Å². The number of fused-ring (bicyclic) bond motifs is 1. The molecule has 1 fully saturated rings. The molecule has 3 aromatic rings. The molecule has 0 radical (unpaired) electrons. The van der Waals surface area contributed by atoms with Gasteiger partial charge in [-0.15, -0.1) is 0 Å². The molecule has 0 spiro atoms. The van der Waals surface area contributed by atoms with Crippen molar-refractivity contribution in [3.05, 3.63) is 95.1 Å². The second kappa shape index (κ2) is 11.0. The van der Waals surface area contributed by atoms with Crippen molar-refractivity contribution in [1.82, 2.24) is 9.80 Å². The first-order valence-corrected chi connectivity index (χ1v) is 12.5. The highest BCUT2D eigenvalue weighted by molar-refractivity contribution is 6.46. The summed E-state index contributed by atoms with van der Waals surface area (Å²) in [6.07, 6.45) is 0. The fourth-order valence-corrected chi connectivity index (χ4v) is 4.63. The minimum Gasteiger partial charge on any atom is -0.507 e. The predicted octanol–water partition coefficient (Wildman–Crippen LogP) is 4.02. The second-order valence-electron chi connectivity index (χ2n) is 9.50.